The molecule has 0 saturated heterocycles. The first kappa shape index (κ1) is 11.6. The molecule has 2 aromatic rings. The second-order valence-corrected chi connectivity index (χ2v) is 4.15. The third kappa shape index (κ3) is 2.38. The fraction of sp³-hybridized carbons (Fsp3) is 0.133. The summed E-state index contributed by atoms with van der Waals surface area (Å²) in [4.78, 5) is 12.2. The van der Waals surface area contributed by atoms with Crippen LogP contribution in [0.15, 0.2) is 48.5 Å². The fourth-order valence-electron chi connectivity index (χ4n) is 1.97. The quantitative estimate of drug-likeness (QED) is 0.897. The van der Waals surface area contributed by atoms with Crippen molar-refractivity contribution in [1.29, 1.82) is 0 Å². The first-order valence-corrected chi connectivity index (χ1v) is 6.09. The van der Waals surface area contributed by atoms with E-state index in [9.17, 15) is 4.79 Å². The van der Waals surface area contributed by atoms with Crippen molar-refractivity contribution < 1.29 is 14.3 Å². The number of carbonyl (C=O) groups excluding carboxylic acids is 1. The summed E-state index contributed by atoms with van der Waals surface area (Å²) in [5.74, 6) is 0.933. The molecule has 0 fully saturated rings. The number of nitrogens with one attached hydrogen (secondary N) is 1. The van der Waals surface area contributed by atoms with Gasteiger partial charge in [0.1, 0.15) is 13.2 Å². The van der Waals surface area contributed by atoms with Gasteiger partial charge in [-0.05, 0) is 24.3 Å². The predicted molar refractivity (Wildman–Crippen MR) is 71.8 cm³/mol. The smallest absolute Gasteiger partial charge is 0.259 e. The predicted octanol–water partition coefficient (Wildman–Crippen LogP) is 2.71. The van der Waals surface area contributed by atoms with Gasteiger partial charge in [-0.3, -0.25) is 4.79 Å². The molecule has 0 atom stereocenters. The van der Waals surface area contributed by atoms with Crippen LogP contribution in [0.5, 0.6) is 11.5 Å². The molecule has 1 heterocycles. The zero-order valence-electron chi connectivity index (χ0n) is 10.3. The van der Waals surface area contributed by atoms with Crippen LogP contribution >= 0.6 is 0 Å². The van der Waals surface area contributed by atoms with Gasteiger partial charge in [0.15, 0.2) is 11.5 Å². The maximum Gasteiger partial charge on any atom is 0.259 e. The molecule has 3 rings (SSSR count). The number of hydrogen-bond donors (Lipinski definition) is 1. The molecule has 1 aliphatic heterocycles. The maximum atomic E-state index is 12.2. The normalized spacial score (nSPS) is 12.8. The molecule has 19 heavy (non-hydrogen) atoms. The van der Waals surface area contributed by atoms with E-state index in [0.29, 0.717) is 30.3 Å². The zero-order chi connectivity index (χ0) is 13.1. The summed E-state index contributed by atoms with van der Waals surface area (Å²) in [5, 5.41) is 2.83. The van der Waals surface area contributed by atoms with Gasteiger partial charge in [0.25, 0.3) is 5.91 Å². The highest BCUT2D eigenvalue weighted by Gasteiger charge is 2.20. The van der Waals surface area contributed by atoms with Crippen molar-refractivity contribution in [2.24, 2.45) is 0 Å². The van der Waals surface area contributed by atoms with Crippen LogP contribution in [0.3, 0.4) is 0 Å². The molecule has 1 N–H and O–H groups in total. The minimum absolute atomic E-state index is 0.200. The fourth-order valence-corrected chi connectivity index (χ4v) is 1.97. The number of hydrogen-bond acceptors (Lipinski definition) is 3. The molecule has 1 amide bonds. The summed E-state index contributed by atoms with van der Waals surface area (Å²) in [6.45, 7) is 0.972. The Kier molecular flexibility index (Phi) is 3.06. The number of benzene rings is 2. The number of carbonyl (C=O) groups is 1. The van der Waals surface area contributed by atoms with E-state index in [2.05, 4.69) is 5.32 Å². The Labute approximate surface area is 111 Å². The van der Waals surface area contributed by atoms with Crippen molar-refractivity contribution in [2.75, 3.05) is 18.5 Å². The molecule has 4 heteroatoms. The summed E-state index contributed by atoms with van der Waals surface area (Å²) in [7, 11) is 0. The lowest BCUT2D eigenvalue weighted by Gasteiger charge is -2.20. The minimum Gasteiger partial charge on any atom is -0.486 e. The van der Waals surface area contributed by atoms with Crippen LogP contribution in [-0.4, -0.2) is 19.1 Å². The van der Waals surface area contributed by atoms with Crippen molar-refractivity contribution >= 4 is 11.6 Å². The van der Waals surface area contributed by atoms with Gasteiger partial charge in [0.05, 0.1) is 5.56 Å². The van der Waals surface area contributed by atoms with Crippen LogP contribution < -0.4 is 14.8 Å². The van der Waals surface area contributed by atoms with E-state index >= 15 is 0 Å². The lowest BCUT2D eigenvalue weighted by molar-refractivity contribution is 0.101. The Balaban J connectivity index is 1.88. The van der Waals surface area contributed by atoms with Crippen molar-refractivity contribution in [1.82, 2.24) is 0 Å². The number of amides is 1. The largest absolute Gasteiger partial charge is 0.486 e. The van der Waals surface area contributed by atoms with Gasteiger partial charge in [-0.15, -0.1) is 0 Å². The molecule has 0 aliphatic carbocycles. The van der Waals surface area contributed by atoms with E-state index in [4.69, 9.17) is 9.47 Å². The minimum atomic E-state index is -0.200. The van der Waals surface area contributed by atoms with Crippen LogP contribution in [0, 0.1) is 0 Å². The number of anilines is 1. The maximum absolute atomic E-state index is 12.2. The summed E-state index contributed by atoms with van der Waals surface area (Å²) >= 11 is 0. The first-order valence-electron chi connectivity index (χ1n) is 6.09. The number of rotatable bonds is 2. The van der Waals surface area contributed by atoms with Crippen molar-refractivity contribution in [2.45, 2.75) is 0 Å². The van der Waals surface area contributed by atoms with E-state index in [0.717, 1.165) is 5.69 Å². The van der Waals surface area contributed by atoms with E-state index in [-0.39, 0.29) is 5.91 Å². The van der Waals surface area contributed by atoms with Gasteiger partial charge < -0.3 is 14.8 Å². The molecule has 0 aromatic heterocycles. The number of ether oxygens (including phenoxy) is 2. The Morgan fingerprint density at radius 2 is 1.74 bits per heavy atom. The molecular formula is C15H13NO3. The lowest BCUT2D eigenvalue weighted by Crippen LogP contribution is -2.20. The molecule has 4 nitrogen and oxygen atoms in total. The monoisotopic (exact) mass is 255 g/mol. The van der Waals surface area contributed by atoms with Crippen LogP contribution in [0.25, 0.3) is 0 Å². The van der Waals surface area contributed by atoms with Crippen LogP contribution in [-0.2, 0) is 0 Å². The molecule has 0 spiro atoms. The van der Waals surface area contributed by atoms with Gasteiger partial charge in [-0.2, -0.15) is 0 Å². The topological polar surface area (TPSA) is 47.6 Å². The third-order valence-corrected chi connectivity index (χ3v) is 2.84. The summed E-state index contributed by atoms with van der Waals surface area (Å²) < 4.78 is 11.0. The number of fused-ring (bicyclic) bond motifs is 1. The van der Waals surface area contributed by atoms with Gasteiger partial charge in [0, 0.05) is 5.69 Å². The van der Waals surface area contributed by atoms with Gasteiger partial charge in [-0.1, -0.05) is 24.3 Å². The summed E-state index contributed by atoms with van der Waals surface area (Å²) in [5.41, 5.74) is 1.24. The number of para-hydroxylation sites is 2. The highest BCUT2D eigenvalue weighted by molar-refractivity contribution is 6.06. The van der Waals surface area contributed by atoms with Crippen LogP contribution in [0.2, 0.25) is 0 Å². The molecule has 0 saturated carbocycles. The molecule has 0 unspecified atom stereocenters. The highest BCUT2D eigenvalue weighted by atomic mass is 16.6. The molecular weight excluding hydrogens is 242 g/mol. The third-order valence-electron chi connectivity index (χ3n) is 2.84. The molecule has 96 valence electrons. The van der Waals surface area contributed by atoms with E-state index in [1.807, 2.05) is 30.3 Å². The summed E-state index contributed by atoms with van der Waals surface area (Å²) in [6, 6.07) is 14.6. The van der Waals surface area contributed by atoms with Crippen LogP contribution in [0.4, 0.5) is 5.69 Å². The van der Waals surface area contributed by atoms with E-state index < -0.39 is 0 Å². The van der Waals surface area contributed by atoms with Crippen LogP contribution in [0.1, 0.15) is 10.4 Å². The van der Waals surface area contributed by atoms with Gasteiger partial charge in [0.2, 0.25) is 0 Å². The standard InChI is InChI=1S/C15H13NO3/c17-15(16-11-5-2-1-3-6-11)12-7-4-8-13-14(12)19-10-9-18-13/h1-8H,9-10H2,(H,16,17). The zero-order valence-corrected chi connectivity index (χ0v) is 10.3. The summed E-state index contributed by atoms with van der Waals surface area (Å²) in [6.07, 6.45) is 0. The Morgan fingerprint density at radius 3 is 2.58 bits per heavy atom. The van der Waals surface area contributed by atoms with Crippen molar-refractivity contribution in [3.63, 3.8) is 0 Å². The SMILES string of the molecule is O=C(Nc1ccccc1)c1cccc2c1OCCO2. The average Bonchev–Trinajstić information content (AvgIpc) is 2.47. The second kappa shape index (κ2) is 5.02. The highest BCUT2D eigenvalue weighted by Crippen LogP contribution is 2.33. The van der Waals surface area contributed by atoms with E-state index in [1.165, 1.54) is 0 Å². The van der Waals surface area contributed by atoms with Gasteiger partial charge >= 0.3 is 0 Å². The average molecular weight is 255 g/mol. The van der Waals surface area contributed by atoms with E-state index in [1.54, 1.807) is 18.2 Å². The molecule has 2 aromatic carbocycles. The molecule has 0 radical (unpaired) electrons. The molecule has 0 bridgehead atoms. The van der Waals surface area contributed by atoms with Crippen molar-refractivity contribution in [3.8, 4) is 11.5 Å². The lowest BCUT2D eigenvalue weighted by atomic mass is 10.1. The Bertz CT molecular complexity index is 596. The second-order valence-electron chi connectivity index (χ2n) is 4.15. The Hall–Kier alpha value is -2.49. The van der Waals surface area contributed by atoms with Crippen molar-refractivity contribution in [3.05, 3.63) is 54.1 Å². The first-order chi connectivity index (χ1) is 9.34. The molecule has 1 aliphatic rings. The Morgan fingerprint density at radius 1 is 0.947 bits per heavy atom. The van der Waals surface area contributed by atoms with Gasteiger partial charge in [-0.25, -0.2) is 0 Å².